The zero-order valence-electron chi connectivity index (χ0n) is 15.1. The Hall–Kier alpha value is -3.48. The lowest BCUT2D eigenvalue weighted by Gasteiger charge is -2.13. The van der Waals surface area contributed by atoms with Crippen LogP contribution in [0.3, 0.4) is 0 Å². The number of aromatic nitrogens is 1. The van der Waals surface area contributed by atoms with Crippen LogP contribution in [0.4, 0.5) is 14.5 Å². The number of aromatic amines is 1. The third kappa shape index (κ3) is 2.76. The number of hydrogen-bond donors (Lipinski definition) is 2. The molecule has 1 aliphatic heterocycles. The van der Waals surface area contributed by atoms with E-state index in [1.54, 1.807) is 19.1 Å². The lowest BCUT2D eigenvalue weighted by atomic mass is 9.87. The molecule has 0 spiro atoms. The average molecular weight is 382 g/mol. The molecule has 1 aliphatic rings. The first-order valence-corrected chi connectivity index (χ1v) is 8.57. The largest absolute Gasteiger partial charge is 0.465 e. The zero-order valence-corrected chi connectivity index (χ0v) is 15.1. The number of anilines is 1. The van der Waals surface area contributed by atoms with Crippen molar-refractivity contribution in [2.75, 3.05) is 12.4 Å². The molecule has 1 atom stereocenters. The van der Waals surface area contributed by atoms with Gasteiger partial charge in [0.05, 0.1) is 24.3 Å². The van der Waals surface area contributed by atoms with Gasteiger partial charge in [0, 0.05) is 16.9 Å². The van der Waals surface area contributed by atoms with Crippen molar-refractivity contribution in [1.82, 2.24) is 4.98 Å². The quantitative estimate of drug-likeness (QED) is 0.669. The van der Waals surface area contributed by atoms with Crippen LogP contribution in [-0.2, 0) is 9.53 Å². The van der Waals surface area contributed by atoms with E-state index in [1.807, 2.05) is 0 Å². The normalized spacial score (nSPS) is 15.3. The minimum atomic E-state index is -0.912. The molecule has 2 heterocycles. The molecule has 0 aliphatic carbocycles. The Morgan fingerprint density at radius 3 is 2.43 bits per heavy atom. The predicted octanol–water partition coefficient (Wildman–Crippen LogP) is 4.14. The van der Waals surface area contributed by atoms with Gasteiger partial charge in [0.1, 0.15) is 11.6 Å². The van der Waals surface area contributed by atoms with Crippen LogP contribution in [0.5, 0.6) is 0 Å². The molecule has 142 valence electrons. The second-order valence-corrected chi connectivity index (χ2v) is 6.57. The molecule has 0 fully saturated rings. The number of fused-ring (bicyclic) bond motifs is 1. The fourth-order valence-electron chi connectivity index (χ4n) is 3.66. The lowest BCUT2D eigenvalue weighted by Crippen LogP contribution is -2.17. The number of H-pyrrole nitrogens is 1. The molecule has 4 rings (SSSR count). The van der Waals surface area contributed by atoms with Crippen molar-refractivity contribution in [3.8, 4) is 11.3 Å². The van der Waals surface area contributed by atoms with Gasteiger partial charge in [-0.05, 0) is 60.5 Å². The summed E-state index contributed by atoms with van der Waals surface area (Å²) in [6, 6.07) is 9.68. The van der Waals surface area contributed by atoms with E-state index < -0.39 is 23.5 Å². The van der Waals surface area contributed by atoms with Gasteiger partial charge in [0.2, 0.25) is 5.91 Å². The molecule has 1 aromatic heterocycles. The second-order valence-electron chi connectivity index (χ2n) is 6.57. The summed E-state index contributed by atoms with van der Waals surface area (Å²) in [6.07, 6.45) is 0. The van der Waals surface area contributed by atoms with E-state index in [1.165, 1.54) is 37.4 Å². The summed E-state index contributed by atoms with van der Waals surface area (Å²) in [5.41, 5.74) is 3.06. The monoisotopic (exact) mass is 382 g/mol. The molecule has 2 N–H and O–H groups in total. The molecule has 0 radical (unpaired) electrons. The molecule has 0 bridgehead atoms. The third-order valence-corrected chi connectivity index (χ3v) is 4.88. The van der Waals surface area contributed by atoms with Crippen LogP contribution < -0.4 is 5.32 Å². The smallest absolute Gasteiger partial charge is 0.340 e. The van der Waals surface area contributed by atoms with Crippen LogP contribution in [0.2, 0.25) is 0 Å². The molecule has 28 heavy (non-hydrogen) atoms. The van der Waals surface area contributed by atoms with Crippen LogP contribution in [0, 0.1) is 18.6 Å². The SMILES string of the molecule is COC(=O)c1c(C)[nH]c(-c2ccc(F)cc2)c1[C@H]1C(=O)Nc2ccc(F)cc21. The number of nitrogens with one attached hydrogen (secondary N) is 2. The lowest BCUT2D eigenvalue weighted by molar-refractivity contribution is -0.116. The number of esters is 1. The third-order valence-electron chi connectivity index (χ3n) is 4.88. The van der Waals surface area contributed by atoms with Gasteiger partial charge >= 0.3 is 5.97 Å². The highest BCUT2D eigenvalue weighted by atomic mass is 19.1. The molecule has 2 aromatic carbocycles. The molecule has 7 heteroatoms. The second kappa shape index (κ2) is 6.60. The van der Waals surface area contributed by atoms with Gasteiger partial charge in [-0.25, -0.2) is 13.6 Å². The predicted molar refractivity (Wildman–Crippen MR) is 99.1 cm³/mol. The van der Waals surface area contributed by atoms with Crippen molar-refractivity contribution >= 4 is 17.6 Å². The minimum absolute atomic E-state index is 0.207. The number of hydrogen-bond acceptors (Lipinski definition) is 3. The van der Waals surface area contributed by atoms with Crippen LogP contribution in [0.25, 0.3) is 11.3 Å². The van der Waals surface area contributed by atoms with Crippen LogP contribution in [0.15, 0.2) is 42.5 Å². The van der Waals surface area contributed by atoms with Crippen LogP contribution >= 0.6 is 0 Å². The number of carbonyl (C=O) groups is 2. The van der Waals surface area contributed by atoms with Crippen molar-refractivity contribution in [3.63, 3.8) is 0 Å². The number of aryl methyl sites for hydroxylation is 1. The van der Waals surface area contributed by atoms with E-state index >= 15 is 0 Å². The van der Waals surface area contributed by atoms with E-state index in [2.05, 4.69) is 10.3 Å². The zero-order chi connectivity index (χ0) is 20.0. The first-order valence-electron chi connectivity index (χ1n) is 8.57. The fourth-order valence-corrected chi connectivity index (χ4v) is 3.66. The Bertz CT molecular complexity index is 1100. The summed E-state index contributed by atoms with van der Waals surface area (Å²) >= 11 is 0. The fraction of sp³-hybridized carbons (Fsp3) is 0.143. The number of amides is 1. The Labute approximate surface area is 159 Å². The maximum absolute atomic E-state index is 13.9. The summed E-state index contributed by atoms with van der Waals surface area (Å²) in [7, 11) is 1.25. The molecule has 0 saturated heterocycles. The maximum Gasteiger partial charge on any atom is 0.340 e. The molecular weight excluding hydrogens is 366 g/mol. The summed E-state index contributed by atoms with van der Waals surface area (Å²) in [5, 5.41) is 2.72. The summed E-state index contributed by atoms with van der Waals surface area (Å²) in [5.74, 6) is -2.81. The standard InChI is InChI=1S/C21H16F2N2O3/c1-10-16(21(27)28-2)18(19(24-10)11-3-5-12(22)6-4-11)17-14-9-13(23)7-8-15(14)25-20(17)26/h3-9,17,24H,1-2H3,(H,25,26)/t17-/m0/s1. The van der Waals surface area contributed by atoms with Crippen molar-refractivity contribution in [3.05, 3.63) is 76.5 Å². The molecule has 3 aromatic rings. The van der Waals surface area contributed by atoms with E-state index in [9.17, 15) is 18.4 Å². The van der Waals surface area contributed by atoms with Crippen molar-refractivity contribution < 1.29 is 23.1 Å². The Balaban J connectivity index is 2.00. The number of rotatable bonds is 3. The van der Waals surface area contributed by atoms with Crippen LogP contribution in [0.1, 0.15) is 33.1 Å². The van der Waals surface area contributed by atoms with Gasteiger partial charge in [-0.15, -0.1) is 0 Å². The Morgan fingerprint density at radius 2 is 1.75 bits per heavy atom. The van der Waals surface area contributed by atoms with Gasteiger partial charge < -0.3 is 15.0 Å². The summed E-state index contributed by atoms with van der Waals surface area (Å²) in [6.45, 7) is 1.68. The summed E-state index contributed by atoms with van der Waals surface area (Å²) < 4.78 is 32.2. The van der Waals surface area contributed by atoms with Crippen LogP contribution in [-0.4, -0.2) is 24.0 Å². The van der Waals surface area contributed by atoms with Gasteiger partial charge in [-0.2, -0.15) is 0 Å². The molecule has 0 unspecified atom stereocenters. The van der Waals surface area contributed by atoms with E-state index in [0.717, 1.165) is 0 Å². The Morgan fingerprint density at radius 1 is 1.07 bits per heavy atom. The highest BCUT2D eigenvalue weighted by Gasteiger charge is 2.39. The molecule has 5 nitrogen and oxygen atoms in total. The topological polar surface area (TPSA) is 71.2 Å². The van der Waals surface area contributed by atoms with Gasteiger partial charge in [0.25, 0.3) is 0 Å². The van der Waals surface area contributed by atoms with Gasteiger partial charge in [-0.3, -0.25) is 4.79 Å². The van der Waals surface area contributed by atoms with Gasteiger partial charge in [0.15, 0.2) is 0 Å². The van der Waals surface area contributed by atoms with E-state index in [4.69, 9.17) is 4.74 Å². The van der Waals surface area contributed by atoms with E-state index in [-0.39, 0.29) is 11.5 Å². The maximum atomic E-state index is 13.9. The first kappa shape index (κ1) is 17.9. The summed E-state index contributed by atoms with van der Waals surface area (Å²) in [4.78, 5) is 28.4. The number of carbonyl (C=O) groups excluding carboxylic acids is 2. The van der Waals surface area contributed by atoms with Crippen molar-refractivity contribution in [2.45, 2.75) is 12.8 Å². The number of methoxy groups -OCH3 is 1. The molecule has 1 amide bonds. The minimum Gasteiger partial charge on any atom is -0.465 e. The van der Waals surface area contributed by atoms with Gasteiger partial charge in [-0.1, -0.05) is 0 Å². The first-order chi connectivity index (χ1) is 13.4. The number of benzene rings is 2. The number of halogens is 2. The highest BCUT2D eigenvalue weighted by molar-refractivity contribution is 6.08. The molecule has 0 saturated carbocycles. The highest BCUT2D eigenvalue weighted by Crippen LogP contribution is 2.44. The number of ether oxygens (including phenoxy) is 1. The van der Waals surface area contributed by atoms with Crippen molar-refractivity contribution in [2.24, 2.45) is 0 Å². The van der Waals surface area contributed by atoms with Crippen molar-refractivity contribution in [1.29, 1.82) is 0 Å². The molecular formula is C21H16F2N2O3. The van der Waals surface area contributed by atoms with E-state index in [0.29, 0.717) is 33.8 Å². The average Bonchev–Trinajstić information content (AvgIpc) is 3.17. The Kier molecular flexibility index (Phi) is 4.22.